The summed E-state index contributed by atoms with van der Waals surface area (Å²) in [7, 11) is 0. The number of rotatable bonds is 7. The molecule has 2 heterocycles. The van der Waals surface area contributed by atoms with Crippen molar-refractivity contribution in [2.75, 3.05) is 9.80 Å². The van der Waals surface area contributed by atoms with Crippen molar-refractivity contribution >= 4 is 98.3 Å². The van der Waals surface area contributed by atoms with E-state index in [-0.39, 0.29) is 0 Å². The summed E-state index contributed by atoms with van der Waals surface area (Å²) in [5, 5.41) is 6.99. The molecule has 4 nitrogen and oxygen atoms in total. The van der Waals surface area contributed by atoms with Gasteiger partial charge in [0.05, 0.1) is 16.1 Å². The van der Waals surface area contributed by atoms with E-state index in [1.807, 2.05) is 29.5 Å². The fourth-order valence-electron chi connectivity index (χ4n) is 8.04. The zero-order chi connectivity index (χ0) is 37.0. The van der Waals surface area contributed by atoms with Gasteiger partial charge in [-0.1, -0.05) is 121 Å². The number of para-hydroxylation sites is 2. The minimum Gasteiger partial charge on any atom is -0.436 e. The van der Waals surface area contributed by atoms with Crippen LogP contribution in [0.2, 0.25) is 0 Å². The molecule has 0 radical (unpaired) electrons. The van der Waals surface area contributed by atoms with E-state index in [4.69, 9.17) is 9.40 Å². The first-order valence-corrected chi connectivity index (χ1v) is 19.6. The number of thiophene rings is 1. The van der Waals surface area contributed by atoms with Crippen molar-refractivity contribution in [1.29, 1.82) is 0 Å². The summed E-state index contributed by atoms with van der Waals surface area (Å²) >= 11 is 1.83. The van der Waals surface area contributed by atoms with E-state index in [9.17, 15) is 0 Å². The van der Waals surface area contributed by atoms with Crippen LogP contribution in [-0.2, 0) is 0 Å². The lowest BCUT2D eigenvalue weighted by Gasteiger charge is -2.29. The van der Waals surface area contributed by atoms with Gasteiger partial charge in [0.2, 0.25) is 5.89 Å². The molecule has 9 aromatic carbocycles. The third-order valence-corrected chi connectivity index (χ3v) is 11.8. The second kappa shape index (κ2) is 13.3. The average molecular weight is 736 g/mol. The molecule has 0 N–H and O–H groups in total. The number of hydrogen-bond acceptors (Lipinski definition) is 5. The molecule has 0 aliphatic heterocycles. The van der Waals surface area contributed by atoms with Gasteiger partial charge < -0.3 is 14.2 Å². The highest BCUT2D eigenvalue weighted by Gasteiger charge is 2.24. The molecule has 56 heavy (non-hydrogen) atoms. The van der Waals surface area contributed by atoms with Gasteiger partial charge in [-0.2, -0.15) is 0 Å². The number of oxazole rings is 1. The standard InChI is InChI=1S/C51H33N3OS/c1-4-16-35(17-5-1)51-52-49-44-32-40(53(37-19-6-2-7-20-37)39-28-27-34-15-10-11-18-36(34)31-39)29-30-41(44)46(33-47(49)55-51)54(38-21-8-3-9-22-38)45-25-14-24-43-42-23-12-13-26-48(42)56-50(43)45/h1-33H. The monoisotopic (exact) mass is 735 g/mol. The molecule has 0 unspecified atom stereocenters. The number of aromatic nitrogens is 1. The molecule has 0 atom stereocenters. The smallest absolute Gasteiger partial charge is 0.227 e. The first-order chi connectivity index (χ1) is 27.8. The molecule has 264 valence electrons. The Balaban J connectivity index is 1.20. The SMILES string of the molecule is c1ccc(-c2nc3c(cc(N(c4ccccc4)c4cccc5c4sc4ccccc45)c4ccc(N(c5ccccc5)c5ccc6ccccc6c5)cc43)o2)cc1. The molecule has 0 bridgehead atoms. The molecule has 0 aliphatic carbocycles. The molecule has 11 aromatic rings. The van der Waals surface area contributed by atoms with Crippen molar-refractivity contribution in [3.63, 3.8) is 0 Å². The third-order valence-electron chi connectivity index (χ3n) is 10.6. The van der Waals surface area contributed by atoms with E-state index in [0.717, 1.165) is 61.6 Å². The van der Waals surface area contributed by atoms with Gasteiger partial charge >= 0.3 is 0 Å². The normalized spacial score (nSPS) is 11.6. The van der Waals surface area contributed by atoms with Gasteiger partial charge in [-0.25, -0.2) is 4.98 Å². The Labute approximate surface area is 327 Å². The van der Waals surface area contributed by atoms with Crippen molar-refractivity contribution in [2.45, 2.75) is 0 Å². The van der Waals surface area contributed by atoms with Crippen LogP contribution >= 0.6 is 11.3 Å². The molecule has 0 spiro atoms. The molecule has 0 saturated heterocycles. The lowest BCUT2D eigenvalue weighted by Crippen LogP contribution is -2.12. The van der Waals surface area contributed by atoms with Gasteiger partial charge in [-0.15, -0.1) is 11.3 Å². The van der Waals surface area contributed by atoms with Crippen LogP contribution in [0.5, 0.6) is 0 Å². The number of nitrogens with zero attached hydrogens (tertiary/aromatic N) is 3. The average Bonchev–Trinajstić information content (AvgIpc) is 3.88. The highest BCUT2D eigenvalue weighted by molar-refractivity contribution is 7.26. The first-order valence-electron chi connectivity index (χ1n) is 18.8. The highest BCUT2D eigenvalue weighted by atomic mass is 32.1. The van der Waals surface area contributed by atoms with Crippen molar-refractivity contribution in [1.82, 2.24) is 4.98 Å². The molecular formula is C51H33N3OS. The predicted octanol–water partition coefficient (Wildman–Crippen LogP) is 15.1. The lowest BCUT2D eigenvalue weighted by atomic mass is 10.0. The lowest BCUT2D eigenvalue weighted by molar-refractivity contribution is 0.620. The fraction of sp³-hybridized carbons (Fsp3) is 0. The summed E-state index contributed by atoms with van der Waals surface area (Å²) in [4.78, 5) is 9.94. The van der Waals surface area contributed by atoms with Crippen LogP contribution in [0.1, 0.15) is 0 Å². The van der Waals surface area contributed by atoms with E-state index in [2.05, 4.69) is 192 Å². The number of anilines is 6. The van der Waals surface area contributed by atoms with Gasteiger partial charge in [0.15, 0.2) is 5.58 Å². The first kappa shape index (κ1) is 32.2. The summed E-state index contributed by atoms with van der Waals surface area (Å²) in [5.74, 6) is 0.594. The second-order valence-electron chi connectivity index (χ2n) is 14.0. The van der Waals surface area contributed by atoms with E-state index in [1.54, 1.807) is 0 Å². The van der Waals surface area contributed by atoms with E-state index >= 15 is 0 Å². The number of fused-ring (bicyclic) bond motifs is 7. The topological polar surface area (TPSA) is 32.5 Å². The van der Waals surface area contributed by atoms with Crippen LogP contribution in [0.4, 0.5) is 34.1 Å². The zero-order valence-corrected chi connectivity index (χ0v) is 31.0. The van der Waals surface area contributed by atoms with Crippen LogP contribution in [-0.4, -0.2) is 4.98 Å². The minimum atomic E-state index is 0.594. The summed E-state index contributed by atoms with van der Waals surface area (Å²) in [6, 6.07) is 70.9. The largest absolute Gasteiger partial charge is 0.436 e. The highest BCUT2D eigenvalue weighted by Crippen LogP contribution is 2.49. The molecule has 2 aromatic heterocycles. The number of benzene rings is 9. The second-order valence-corrected chi connectivity index (χ2v) is 15.0. The zero-order valence-electron chi connectivity index (χ0n) is 30.2. The molecule has 0 amide bonds. The summed E-state index contributed by atoms with van der Waals surface area (Å²) < 4.78 is 9.23. The summed E-state index contributed by atoms with van der Waals surface area (Å²) in [6.45, 7) is 0. The van der Waals surface area contributed by atoms with Crippen LogP contribution in [0.25, 0.3) is 64.3 Å². The molecular weight excluding hydrogens is 703 g/mol. The van der Waals surface area contributed by atoms with E-state index < -0.39 is 0 Å². The van der Waals surface area contributed by atoms with Gasteiger partial charge in [0.1, 0.15) is 5.52 Å². The maximum Gasteiger partial charge on any atom is 0.227 e. The van der Waals surface area contributed by atoms with Crippen LogP contribution in [0, 0.1) is 0 Å². The van der Waals surface area contributed by atoms with Gasteiger partial charge in [-0.05, 0) is 83.6 Å². The molecule has 0 fully saturated rings. The van der Waals surface area contributed by atoms with Gasteiger partial charge in [0.25, 0.3) is 0 Å². The Bertz CT molecular complexity index is 3210. The Morgan fingerprint density at radius 2 is 1.05 bits per heavy atom. The van der Waals surface area contributed by atoms with Gasteiger partial charge in [0, 0.05) is 60.6 Å². The molecule has 0 aliphatic rings. The molecule has 11 rings (SSSR count). The maximum atomic E-state index is 6.73. The Kier molecular flexibility index (Phi) is 7.64. The van der Waals surface area contributed by atoms with Crippen molar-refractivity contribution < 1.29 is 4.42 Å². The van der Waals surface area contributed by atoms with E-state index in [0.29, 0.717) is 5.89 Å². The quantitative estimate of drug-likeness (QED) is 0.163. The van der Waals surface area contributed by atoms with Crippen molar-refractivity contribution in [2.24, 2.45) is 0 Å². The minimum absolute atomic E-state index is 0.594. The third kappa shape index (κ3) is 5.40. The molecule has 0 saturated carbocycles. The number of hydrogen-bond donors (Lipinski definition) is 0. The Hall–Kier alpha value is -7.21. The Morgan fingerprint density at radius 3 is 1.86 bits per heavy atom. The van der Waals surface area contributed by atoms with Crippen LogP contribution in [0.3, 0.4) is 0 Å². The Morgan fingerprint density at radius 1 is 0.411 bits per heavy atom. The van der Waals surface area contributed by atoms with E-state index in [1.165, 1.54) is 30.9 Å². The fourth-order valence-corrected chi connectivity index (χ4v) is 9.24. The van der Waals surface area contributed by atoms with Crippen LogP contribution in [0.15, 0.2) is 205 Å². The summed E-state index contributed by atoms with van der Waals surface area (Å²) in [5.41, 5.74) is 8.86. The predicted molar refractivity (Wildman–Crippen MR) is 237 cm³/mol. The van der Waals surface area contributed by atoms with Crippen molar-refractivity contribution in [3.05, 3.63) is 200 Å². The molecule has 5 heteroatoms. The van der Waals surface area contributed by atoms with Crippen molar-refractivity contribution in [3.8, 4) is 11.5 Å². The maximum absolute atomic E-state index is 6.73. The van der Waals surface area contributed by atoms with Crippen LogP contribution < -0.4 is 9.80 Å². The summed E-state index contributed by atoms with van der Waals surface area (Å²) in [6.07, 6.45) is 0. The van der Waals surface area contributed by atoms with Gasteiger partial charge in [-0.3, -0.25) is 0 Å².